The molecule has 2 unspecified atom stereocenters. The van der Waals surface area contributed by atoms with Crippen LogP contribution in [0.4, 0.5) is 5.69 Å². The summed E-state index contributed by atoms with van der Waals surface area (Å²) in [5.41, 5.74) is 3.54. The molecule has 3 heteroatoms. The quantitative estimate of drug-likeness (QED) is 0.844. The first-order valence-electron chi connectivity index (χ1n) is 7.97. The third-order valence-corrected chi connectivity index (χ3v) is 6.42. The summed E-state index contributed by atoms with van der Waals surface area (Å²) < 4.78 is 0. The van der Waals surface area contributed by atoms with Gasteiger partial charge >= 0.3 is 0 Å². The van der Waals surface area contributed by atoms with E-state index in [9.17, 15) is 0 Å². The van der Waals surface area contributed by atoms with E-state index in [1.54, 1.807) is 5.56 Å². The normalized spacial score (nSPS) is 33.2. The maximum atomic E-state index is 2.62. The van der Waals surface area contributed by atoms with Gasteiger partial charge in [0.15, 0.2) is 0 Å². The van der Waals surface area contributed by atoms with Crippen LogP contribution in [0.15, 0.2) is 24.3 Å². The summed E-state index contributed by atoms with van der Waals surface area (Å²) in [5.74, 6) is 3.48. The van der Waals surface area contributed by atoms with Crippen LogP contribution < -0.4 is 4.90 Å². The fourth-order valence-electron chi connectivity index (χ4n) is 4.10. The van der Waals surface area contributed by atoms with Crippen molar-refractivity contribution in [3.05, 3.63) is 29.8 Å². The third-order valence-electron chi connectivity index (χ3n) is 5.48. The van der Waals surface area contributed by atoms with Gasteiger partial charge in [0.05, 0.1) is 0 Å². The molecule has 0 N–H and O–H groups in total. The summed E-state index contributed by atoms with van der Waals surface area (Å²) >= 11 is 2.08. The highest BCUT2D eigenvalue weighted by Gasteiger charge is 2.60. The lowest BCUT2D eigenvalue weighted by Gasteiger charge is -2.29. The van der Waals surface area contributed by atoms with E-state index in [1.165, 1.54) is 56.3 Å². The van der Waals surface area contributed by atoms with Crippen molar-refractivity contribution in [1.29, 1.82) is 0 Å². The maximum Gasteiger partial charge on any atom is 0.0366 e. The summed E-state index contributed by atoms with van der Waals surface area (Å²) in [6.45, 7) is 8.52. The number of rotatable bonds is 3. The minimum Gasteiger partial charge on any atom is -0.370 e. The smallest absolute Gasteiger partial charge is 0.0366 e. The average Bonchev–Trinajstić information content (AvgIpc) is 3.10. The number of thioether (sulfide) groups is 1. The Morgan fingerprint density at radius 1 is 1.20 bits per heavy atom. The first-order valence-corrected chi connectivity index (χ1v) is 9.13. The summed E-state index contributed by atoms with van der Waals surface area (Å²) in [4.78, 5) is 5.15. The van der Waals surface area contributed by atoms with Crippen LogP contribution in [0.5, 0.6) is 0 Å². The molecular weight excluding hydrogens is 264 g/mol. The zero-order valence-electron chi connectivity index (χ0n) is 12.3. The Kier molecular flexibility index (Phi) is 3.23. The van der Waals surface area contributed by atoms with E-state index in [2.05, 4.69) is 52.8 Å². The molecule has 0 aromatic heterocycles. The molecule has 1 saturated carbocycles. The van der Waals surface area contributed by atoms with Gasteiger partial charge in [0, 0.05) is 48.8 Å². The van der Waals surface area contributed by atoms with Gasteiger partial charge in [0.25, 0.3) is 0 Å². The van der Waals surface area contributed by atoms with Crippen LogP contribution in [0.2, 0.25) is 0 Å². The molecule has 0 amide bonds. The fourth-order valence-corrected chi connectivity index (χ4v) is 5.00. The molecule has 2 heterocycles. The fraction of sp³-hybridized carbons (Fsp3) is 0.647. The Morgan fingerprint density at radius 2 is 1.95 bits per heavy atom. The largest absolute Gasteiger partial charge is 0.370 e. The number of likely N-dealkylation sites (N-methyl/N-ethyl adjacent to an activating group) is 1. The van der Waals surface area contributed by atoms with Crippen molar-refractivity contribution in [3.63, 3.8) is 0 Å². The Labute approximate surface area is 126 Å². The van der Waals surface area contributed by atoms with E-state index in [-0.39, 0.29) is 0 Å². The van der Waals surface area contributed by atoms with E-state index in [0.29, 0.717) is 5.41 Å². The van der Waals surface area contributed by atoms with E-state index in [4.69, 9.17) is 0 Å². The van der Waals surface area contributed by atoms with Crippen molar-refractivity contribution in [2.75, 3.05) is 49.1 Å². The third kappa shape index (κ3) is 2.06. The van der Waals surface area contributed by atoms with Gasteiger partial charge in [0.2, 0.25) is 0 Å². The van der Waals surface area contributed by atoms with Crippen LogP contribution >= 0.6 is 11.8 Å². The molecular formula is C17H24N2S. The number of hydrogen-bond acceptors (Lipinski definition) is 3. The number of likely N-dealkylation sites (tertiary alicyclic amines) is 1. The zero-order valence-corrected chi connectivity index (χ0v) is 13.2. The zero-order chi connectivity index (χ0) is 13.6. The molecule has 1 aromatic carbocycles. The number of benzene rings is 1. The molecule has 1 aliphatic carbocycles. The number of fused-ring (bicyclic) bond motifs is 1. The van der Waals surface area contributed by atoms with Gasteiger partial charge in [-0.2, -0.15) is 11.8 Å². The highest BCUT2D eigenvalue weighted by Crippen LogP contribution is 2.58. The van der Waals surface area contributed by atoms with Crippen molar-refractivity contribution in [3.8, 4) is 0 Å². The minimum absolute atomic E-state index is 0.520. The Balaban J connectivity index is 1.51. The highest BCUT2D eigenvalue weighted by atomic mass is 32.2. The van der Waals surface area contributed by atoms with Gasteiger partial charge in [-0.05, 0) is 36.6 Å². The van der Waals surface area contributed by atoms with Crippen LogP contribution in [0.25, 0.3) is 0 Å². The number of hydrogen-bond donors (Lipinski definition) is 0. The number of nitrogens with zero attached hydrogens (tertiary/aromatic N) is 2. The predicted octanol–water partition coefficient (Wildman–Crippen LogP) is 2.83. The van der Waals surface area contributed by atoms with Crippen LogP contribution in [0.3, 0.4) is 0 Å². The molecule has 3 fully saturated rings. The van der Waals surface area contributed by atoms with Crippen LogP contribution in [0, 0.1) is 5.92 Å². The monoisotopic (exact) mass is 288 g/mol. The summed E-state index contributed by atoms with van der Waals surface area (Å²) in [5, 5.41) is 0. The van der Waals surface area contributed by atoms with Gasteiger partial charge in [-0.1, -0.05) is 19.1 Å². The van der Waals surface area contributed by atoms with Crippen molar-refractivity contribution >= 4 is 17.4 Å². The SMILES string of the molecule is CCN1CC2CC2(c2ccc(N3CCSCC3)cc2)C1. The molecule has 2 nitrogen and oxygen atoms in total. The van der Waals surface area contributed by atoms with E-state index < -0.39 is 0 Å². The molecule has 0 spiro atoms. The van der Waals surface area contributed by atoms with Crippen LogP contribution in [0.1, 0.15) is 18.9 Å². The molecule has 3 aliphatic rings. The van der Waals surface area contributed by atoms with E-state index in [0.717, 1.165) is 5.92 Å². The Bertz CT molecular complexity index is 480. The van der Waals surface area contributed by atoms with Crippen LogP contribution in [-0.4, -0.2) is 49.1 Å². The highest BCUT2D eigenvalue weighted by molar-refractivity contribution is 7.99. The van der Waals surface area contributed by atoms with E-state index in [1.807, 2.05) is 0 Å². The molecule has 20 heavy (non-hydrogen) atoms. The first kappa shape index (κ1) is 13.0. The number of piperidine rings is 1. The minimum atomic E-state index is 0.520. The van der Waals surface area contributed by atoms with Gasteiger partial charge < -0.3 is 9.80 Å². The Hall–Kier alpha value is -0.670. The van der Waals surface area contributed by atoms with Gasteiger partial charge in [-0.3, -0.25) is 0 Å². The molecule has 2 saturated heterocycles. The van der Waals surface area contributed by atoms with Crippen molar-refractivity contribution in [2.45, 2.75) is 18.8 Å². The second kappa shape index (κ2) is 4.96. The molecule has 0 bridgehead atoms. The lowest BCUT2D eigenvalue weighted by Crippen LogP contribution is -2.32. The molecule has 0 radical (unpaired) electrons. The van der Waals surface area contributed by atoms with Gasteiger partial charge in [-0.25, -0.2) is 0 Å². The summed E-state index contributed by atoms with van der Waals surface area (Å²) in [7, 11) is 0. The van der Waals surface area contributed by atoms with Gasteiger partial charge in [-0.15, -0.1) is 0 Å². The Morgan fingerprint density at radius 3 is 2.60 bits per heavy atom. The van der Waals surface area contributed by atoms with Crippen molar-refractivity contribution in [1.82, 2.24) is 4.90 Å². The molecule has 2 atom stereocenters. The summed E-state index contributed by atoms with van der Waals surface area (Å²) in [6.07, 6.45) is 1.42. The van der Waals surface area contributed by atoms with Crippen molar-refractivity contribution in [2.24, 2.45) is 5.92 Å². The molecule has 108 valence electrons. The molecule has 1 aromatic rings. The summed E-state index contributed by atoms with van der Waals surface area (Å²) in [6, 6.07) is 9.56. The predicted molar refractivity (Wildman–Crippen MR) is 87.9 cm³/mol. The van der Waals surface area contributed by atoms with E-state index >= 15 is 0 Å². The van der Waals surface area contributed by atoms with Gasteiger partial charge in [0.1, 0.15) is 0 Å². The van der Waals surface area contributed by atoms with Crippen LogP contribution in [-0.2, 0) is 5.41 Å². The second-order valence-electron chi connectivity index (χ2n) is 6.53. The lowest BCUT2D eigenvalue weighted by molar-refractivity contribution is 0.314. The topological polar surface area (TPSA) is 6.48 Å². The molecule has 4 rings (SSSR count). The average molecular weight is 288 g/mol. The standard InChI is InChI=1S/C17H24N2S/c1-2-18-12-15-11-17(15,13-18)14-3-5-16(6-4-14)19-7-9-20-10-8-19/h3-6,15H,2,7-13H2,1H3. The number of anilines is 1. The first-order chi connectivity index (χ1) is 9.82. The maximum absolute atomic E-state index is 2.62. The van der Waals surface area contributed by atoms with Crippen molar-refractivity contribution < 1.29 is 0 Å². The lowest BCUT2D eigenvalue weighted by atomic mass is 9.94. The second-order valence-corrected chi connectivity index (χ2v) is 7.76. The molecule has 2 aliphatic heterocycles.